The number of rotatable bonds is 12. The Morgan fingerprint density at radius 2 is 1.67 bits per heavy atom. The molecule has 2 heterocycles. The fraction of sp³-hybridized carbons (Fsp3) is 0.206. The maximum Gasteiger partial charge on any atom is 0.166 e. The van der Waals surface area contributed by atoms with Crippen molar-refractivity contribution in [3.05, 3.63) is 108 Å². The van der Waals surface area contributed by atoms with Crippen molar-refractivity contribution in [3.8, 4) is 27.7 Å². The number of carbonyl (C=O) groups is 2. The molecule has 0 saturated carbocycles. The summed E-state index contributed by atoms with van der Waals surface area (Å²) in [6.45, 7) is 0.839. The first-order chi connectivity index (χ1) is 20.3. The molecule has 0 saturated heterocycles. The van der Waals surface area contributed by atoms with E-state index < -0.39 is 5.82 Å². The van der Waals surface area contributed by atoms with E-state index >= 15 is 4.39 Å². The van der Waals surface area contributed by atoms with Crippen LogP contribution in [0.3, 0.4) is 0 Å². The number of para-hydroxylation sites is 1. The van der Waals surface area contributed by atoms with Gasteiger partial charge in [0.15, 0.2) is 11.6 Å². The normalized spacial score (nSPS) is 11.2. The average molecular weight is 583 g/mol. The van der Waals surface area contributed by atoms with Crippen LogP contribution in [-0.2, 0) is 29.0 Å². The summed E-state index contributed by atoms with van der Waals surface area (Å²) in [6, 6.07) is 23.8. The highest BCUT2D eigenvalue weighted by Gasteiger charge is 2.16. The van der Waals surface area contributed by atoms with E-state index in [1.807, 2.05) is 38.4 Å². The molecule has 0 unspecified atom stereocenters. The monoisotopic (exact) mass is 582 g/mol. The molecule has 8 heteroatoms. The van der Waals surface area contributed by atoms with E-state index in [9.17, 15) is 9.59 Å². The fourth-order valence-electron chi connectivity index (χ4n) is 4.82. The van der Waals surface area contributed by atoms with Crippen molar-refractivity contribution in [2.45, 2.75) is 25.8 Å². The number of halogens is 1. The number of nitrogens with zero attached hydrogens (tertiary/aromatic N) is 2. The van der Waals surface area contributed by atoms with E-state index in [4.69, 9.17) is 9.47 Å². The minimum Gasteiger partial charge on any atom is -0.496 e. The van der Waals surface area contributed by atoms with Gasteiger partial charge in [0.05, 0.1) is 23.7 Å². The molecule has 0 bridgehead atoms. The van der Waals surface area contributed by atoms with Crippen molar-refractivity contribution in [1.29, 1.82) is 0 Å². The van der Waals surface area contributed by atoms with Crippen LogP contribution in [0, 0.1) is 5.82 Å². The number of fused-ring (bicyclic) bond motifs is 1. The van der Waals surface area contributed by atoms with E-state index in [0.717, 1.165) is 32.8 Å². The van der Waals surface area contributed by atoms with Crippen molar-refractivity contribution in [2.75, 3.05) is 21.2 Å². The van der Waals surface area contributed by atoms with Crippen molar-refractivity contribution in [3.63, 3.8) is 0 Å². The smallest absolute Gasteiger partial charge is 0.166 e. The molecule has 3 aromatic carbocycles. The van der Waals surface area contributed by atoms with Gasteiger partial charge in [-0.15, -0.1) is 11.3 Å². The van der Waals surface area contributed by atoms with E-state index in [1.54, 1.807) is 41.8 Å². The quantitative estimate of drug-likeness (QED) is 0.144. The van der Waals surface area contributed by atoms with E-state index in [-0.39, 0.29) is 36.6 Å². The van der Waals surface area contributed by atoms with Crippen LogP contribution >= 0.6 is 11.3 Å². The zero-order valence-corrected chi connectivity index (χ0v) is 24.5. The molecule has 6 nitrogen and oxygen atoms in total. The van der Waals surface area contributed by atoms with Crippen LogP contribution in [0.2, 0.25) is 0 Å². The topological polar surface area (TPSA) is 68.7 Å². The average Bonchev–Trinajstić information content (AvgIpc) is 3.40. The third-order valence-electron chi connectivity index (χ3n) is 6.68. The summed E-state index contributed by atoms with van der Waals surface area (Å²) >= 11 is 1.54. The molecule has 0 spiro atoms. The number of hydrogen-bond acceptors (Lipinski definition) is 7. The van der Waals surface area contributed by atoms with Crippen LogP contribution in [-0.4, -0.2) is 42.7 Å². The van der Waals surface area contributed by atoms with Crippen molar-refractivity contribution >= 4 is 33.1 Å². The molecule has 2 aromatic heterocycles. The largest absolute Gasteiger partial charge is 0.496 e. The van der Waals surface area contributed by atoms with E-state index in [2.05, 4.69) is 28.1 Å². The van der Waals surface area contributed by atoms with Gasteiger partial charge in [-0.25, -0.2) is 4.39 Å². The van der Waals surface area contributed by atoms with Gasteiger partial charge in [-0.05, 0) is 61.1 Å². The lowest BCUT2D eigenvalue weighted by molar-refractivity contribution is -0.126. The number of Topliss-reactive ketones (excluding diaryl/α,β-unsaturated/α-hetero) is 2. The number of carbonyl (C=O) groups excluding carboxylic acids is 2. The van der Waals surface area contributed by atoms with Gasteiger partial charge < -0.3 is 14.4 Å². The molecule has 0 aliphatic heterocycles. The molecule has 42 heavy (non-hydrogen) atoms. The molecule has 0 aliphatic rings. The molecule has 0 fully saturated rings. The SMILES string of the molecule is COc1ccccc1CC(=O)CC(=O)Cc1ccc(Oc2ccnc3cc(-c4cccc(CN(C)C)c4)sc23)c(F)c1. The van der Waals surface area contributed by atoms with E-state index in [0.29, 0.717) is 17.1 Å². The van der Waals surface area contributed by atoms with Gasteiger partial charge in [0.1, 0.15) is 23.1 Å². The van der Waals surface area contributed by atoms with Crippen LogP contribution in [0.1, 0.15) is 23.1 Å². The third kappa shape index (κ3) is 7.08. The zero-order chi connectivity index (χ0) is 29.6. The predicted octanol–water partition coefficient (Wildman–Crippen LogP) is 7.28. The second-order valence-corrected chi connectivity index (χ2v) is 11.4. The molecule has 0 atom stereocenters. The first-order valence-electron chi connectivity index (χ1n) is 13.5. The van der Waals surface area contributed by atoms with Crippen molar-refractivity contribution in [1.82, 2.24) is 9.88 Å². The number of ketones is 2. The Morgan fingerprint density at radius 1 is 0.857 bits per heavy atom. The summed E-state index contributed by atoms with van der Waals surface area (Å²) in [5, 5.41) is 0. The van der Waals surface area contributed by atoms with Gasteiger partial charge in [0.2, 0.25) is 0 Å². The first kappa shape index (κ1) is 29.1. The van der Waals surface area contributed by atoms with Crippen LogP contribution in [0.15, 0.2) is 85.1 Å². The lowest BCUT2D eigenvalue weighted by Crippen LogP contribution is -2.13. The summed E-state index contributed by atoms with van der Waals surface area (Å²) in [4.78, 5) is 32.7. The molecular formula is C34H31FN2O4S. The standard InChI is InChI=1S/C34H31FN2O4S/c1-37(2)21-23-7-6-9-25(15-23)33-20-29-34(42-33)32(13-14-36-29)41-31-12-11-22(17-28(31)35)16-26(38)19-27(39)18-24-8-4-5-10-30(24)40-3/h4-15,17,20H,16,18-19,21H2,1-3H3. The molecule has 0 aliphatic carbocycles. The number of ether oxygens (including phenoxy) is 2. The Balaban J connectivity index is 1.26. The number of benzene rings is 3. The van der Waals surface area contributed by atoms with Crippen LogP contribution in [0.25, 0.3) is 20.7 Å². The summed E-state index contributed by atoms with van der Waals surface area (Å²) in [6.07, 6.45) is 1.47. The second kappa shape index (κ2) is 13.1. The molecule has 214 valence electrons. The molecule has 0 amide bonds. The van der Waals surface area contributed by atoms with Gasteiger partial charge >= 0.3 is 0 Å². The van der Waals surface area contributed by atoms with Gasteiger partial charge in [0, 0.05) is 42.1 Å². The highest BCUT2D eigenvalue weighted by atomic mass is 32.1. The highest BCUT2D eigenvalue weighted by molar-refractivity contribution is 7.22. The van der Waals surface area contributed by atoms with E-state index in [1.165, 1.54) is 24.8 Å². The Morgan fingerprint density at radius 3 is 2.45 bits per heavy atom. The molecule has 5 rings (SSSR count). The fourth-order valence-corrected chi connectivity index (χ4v) is 5.88. The molecular weight excluding hydrogens is 551 g/mol. The summed E-state index contributed by atoms with van der Waals surface area (Å²) in [5.41, 5.74) is 4.27. The molecule has 5 aromatic rings. The summed E-state index contributed by atoms with van der Waals surface area (Å²) in [5.74, 6) is 0.0828. The number of aromatic nitrogens is 1. The minimum absolute atomic E-state index is 0.0461. The lowest BCUT2D eigenvalue weighted by Gasteiger charge is -2.10. The minimum atomic E-state index is -0.584. The number of pyridine rings is 1. The highest BCUT2D eigenvalue weighted by Crippen LogP contribution is 2.40. The number of methoxy groups -OCH3 is 1. The van der Waals surface area contributed by atoms with Gasteiger partial charge in [-0.3, -0.25) is 14.6 Å². The van der Waals surface area contributed by atoms with Crippen LogP contribution in [0.4, 0.5) is 4.39 Å². The Labute approximate surface area is 248 Å². The molecule has 0 radical (unpaired) electrons. The van der Waals surface area contributed by atoms with Gasteiger partial charge in [0.25, 0.3) is 0 Å². The van der Waals surface area contributed by atoms with Crippen molar-refractivity contribution < 1.29 is 23.5 Å². The maximum atomic E-state index is 15.1. The van der Waals surface area contributed by atoms with Gasteiger partial charge in [-0.2, -0.15) is 0 Å². The van der Waals surface area contributed by atoms with Gasteiger partial charge in [-0.1, -0.05) is 42.5 Å². The first-order valence-corrected chi connectivity index (χ1v) is 14.3. The lowest BCUT2D eigenvalue weighted by atomic mass is 10.0. The predicted molar refractivity (Wildman–Crippen MR) is 164 cm³/mol. The third-order valence-corrected chi connectivity index (χ3v) is 7.87. The Hall–Kier alpha value is -4.40. The Bertz CT molecular complexity index is 1750. The second-order valence-electron chi connectivity index (χ2n) is 10.4. The zero-order valence-electron chi connectivity index (χ0n) is 23.7. The maximum absolute atomic E-state index is 15.1. The van der Waals surface area contributed by atoms with Crippen LogP contribution in [0.5, 0.6) is 17.2 Å². The summed E-state index contributed by atoms with van der Waals surface area (Å²) in [7, 11) is 5.61. The summed E-state index contributed by atoms with van der Waals surface area (Å²) < 4.78 is 27.2. The van der Waals surface area contributed by atoms with Crippen molar-refractivity contribution in [2.24, 2.45) is 0 Å². The number of hydrogen-bond donors (Lipinski definition) is 0. The molecule has 0 N–H and O–H groups in total. The Kier molecular flexibility index (Phi) is 9.05. The number of thiophene rings is 1. The van der Waals surface area contributed by atoms with Crippen LogP contribution < -0.4 is 9.47 Å².